The lowest BCUT2D eigenvalue weighted by atomic mass is 9.89. The molecule has 2 N–H and O–H groups in total. The molecule has 0 saturated heterocycles. The molecule has 1 saturated carbocycles. The lowest BCUT2D eigenvalue weighted by molar-refractivity contribution is 0.334. The van der Waals surface area contributed by atoms with Crippen LogP contribution in [0.25, 0.3) is 22.4 Å². The van der Waals surface area contributed by atoms with E-state index in [0.717, 1.165) is 41.6 Å². The number of nitrogens with one attached hydrogen (secondary N) is 2. The van der Waals surface area contributed by atoms with Crippen molar-refractivity contribution in [3.63, 3.8) is 0 Å². The van der Waals surface area contributed by atoms with Crippen molar-refractivity contribution in [3.05, 3.63) is 46.0 Å². The van der Waals surface area contributed by atoms with Crippen molar-refractivity contribution in [2.24, 2.45) is 0 Å². The number of imidazole rings is 1. The molecule has 29 heavy (non-hydrogen) atoms. The van der Waals surface area contributed by atoms with Gasteiger partial charge in [-0.2, -0.15) is 4.98 Å². The molecule has 9 nitrogen and oxygen atoms in total. The van der Waals surface area contributed by atoms with E-state index in [4.69, 9.17) is 4.52 Å². The molecule has 9 heteroatoms. The number of hydrogen-bond donors (Lipinski definition) is 2. The van der Waals surface area contributed by atoms with E-state index in [-0.39, 0.29) is 11.6 Å². The van der Waals surface area contributed by atoms with E-state index in [1.165, 1.54) is 31.4 Å². The molecule has 4 aromatic rings. The van der Waals surface area contributed by atoms with Crippen molar-refractivity contribution in [3.8, 4) is 11.4 Å². The Labute approximate surface area is 165 Å². The summed E-state index contributed by atoms with van der Waals surface area (Å²) in [6, 6.07) is 6.08. The summed E-state index contributed by atoms with van der Waals surface area (Å²) >= 11 is 0. The van der Waals surface area contributed by atoms with Gasteiger partial charge in [0.05, 0.1) is 28.5 Å². The Hall–Kier alpha value is -3.23. The molecule has 0 amide bonds. The Kier molecular flexibility index (Phi) is 3.68. The molecule has 3 heterocycles. The predicted molar refractivity (Wildman–Crippen MR) is 105 cm³/mol. The van der Waals surface area contributed by atoms with Crippen LogP contribution >= 0.6 is 0 Å². The molecule has 2 aliphatic rings. The van der Waals surface area contributed by atoms with Gasteiger partial charge in [0.15, 0.2) is 0 Å². The Morgan fingerprint density at radius 1 is 1.10 bits per heavy atom. The number of nitrogens with zero attached hydrogens (tertiary/aromatic N) is 5. The number of aryl methyl sites for hydroxylation is 1. The first-order chi connectivity index (χ1) is 14.2. The zero-order valence-electron chi connectivity index (χ0n) is 15.9. The molecule has 1 fully saturated rings. The minimum Gasteiger partial charge on any atom is -0.339 e. The number of aromatic nitrogens is 7. The molecular weight excluding hydrogens is 370 g/mol. The molecule has 0 aliphatic heterocycles. The summed E-state index contributed by atoms with van der Waals surface area (Å²) in [6.07, 6.45) is 7.58. The SMILES string of the molecule is O=c1[nH]c2ccc(-c3noc(C4CCc5nnn(C6CCCC6)c5C4)n3)cc2[nH]1. The van der Waals surface area contributed by atoms with Crippen LogP contribution in [0.5, 0.6) is 0 Å². The average molecular weight is 391 g/mol. The minimum absolute atomic E-state index is 0.179. The number of benzene rings is 1. The summed E-state index contributed by atoms with van der Waals surface area (Å²) in [5, 5.41) is 13.1. The highest BCUT2D eigenvalue weighted by molar-refractivity contribution is 5.79. The van der Waals surface area contributed by atoms with E-state index in [1.54, 1.807) is 0 Å². The van der Waals surface area contributed by atoms with Crippen LogP contribution in [0.15, 0.2) is 27.5 Å². The van der Waals surface area contributed by atoms with Crippen molar-refractivity contribution >= 4 is 11.0 Å². The van der Waals surface area contributed by atoms with E-state index in [2.05, 4.69) is 35.1 Å². The maximum atomic E-state index is 11.5. The van der Waals surface area contributed by atoms with Gasteiger partial charge in [0.1, 0.15) is 0 Å². The Bertz CT molecular complexity index is 1240. The second-order valence-corrected chi connectivity index (χ2v) is 8.10. The highest BCUT2D eigenvalue weighted by Gasteiger charge is 2.31. The van der Waals surface area contributed by atoms with Gasteiger partial charge in [-0.1, -0.05) is 23.2 Å². The van der Waals surface area contributed by atoms with Gasteiger partial charge < -0.3 is 14.5 Å². The van der Waals surface area contributed by atoms with Crippen LogP contribution in [0.3, 0.4) is 0 Å². The van der Waals surface area contributed by atoms with Gasteiger partial charge in [0, 0.05) is 17.9 Å². The molecular formula is C20H21N7O2. The Morgan fingerprint density at radius 3 is 2.86 bits per heavy atom. The van der Waals surface area contributed by atoms with Crippen molar-refractivity contribution in [1.29, 1.82) is 0 Å². The maximum Gasteiger partial charge on any atom is 0.323 e. The molecule has 3 aromatic heterocycles. The van der Waals surface area contributed by atoms with Crippen LogP contribution in [0.4, 0.5) is 0 Å². The molecule has 0 radical (unpaired) electrons. The normalized spacial score (nSPS) is 19.8. The summed E-state index contributed by atoms with van der Waals surface area (Å²) in [6.45, 7) is 0. The molecule has 1 atom stereocenters. The topological polar surface area (TPSA) is 118 Å². The monoisotopic (exact) mass is 391 g/mol. The smallest absolute Gasteiger partial charge is 0.323 e. The number of aromatic amines is 2. The fraction of sp³-hybridized carbons (Fsp3) is 0.450. The zero-order valence-corrected chi connectivity index (χ0v) is 15.9. The van der Waals surface area contributed by atoms with Crippen LogP contribution in [-0.4, -0.2) is 35.1 Å². The third-order valence-corrected chi connectivity index (χ3v) is 6.28. The average Bonchev–Trinajstić information content (AvgIpc) is 3.51. The van der Waals surface area contributed by atoms with Gasteiger partial charge in [-0.25, -0.2) is 9.48 Å². The summed E-state index contributed by atoms with van der Waals surface area (Å²) < 4.78 is 7.80. The lowest BCUT2D eigenvalue weighted by Crippen LogP contribution is -2.18. The van der Waals surface area contributed by atoms with E-state index >= 15 is 0 Å². The Balaban J connectivity index is 1.28. The van der Waals surface area contributed by atoms with Gasteiger partial charge in [-0.05, 0) is 43.9 Å². The summed E-state index contributed by atoms with van der Waals surface area (Å²) in [5.41, 5.74) is 4.44. The lowest BCUT2D eigenvalue weighted by Gasteiger charge is -2.21. The van der Waals surface area contributed by atoms with Crippen molar-refractivity contribution in [1.82, 2.24) is 35.1 Å². The van der Waals surface area contributed by atoms with Gasteiger partial charge in [-0.3, -0.25) is 0 Å². The summed E-state index contributed by atoms with van der Waals surface area (Å²) in [5.74, 6) is 1.38. The number of rotatable bonds is 3. The summed E-state index contributed by atoms with van der Waals surface area (Å²) in [7, 11) is 0. The van der Waals surface area contributed by atoms with Gasteiger partial charge in [-0.15, -0.1) is 5.10 Å². The van der Waals surface area contributed by atoms with E-state index < -0.39 is 0 Å². The van der Waals surface area contributed by atoms with E-state index in [9.17, 15) is 4.79 Å². The zero-order chi connectivity index (χ0) is 19.4. The highest BCUT2D eigenvalue weighted by Crippen LogP contribution is 2.36. The van der Waals surface area contributed by atoms with Gasteiger partial charge >= 0.3 is 5.69 Å². The molecule has 0 spiro atoms. The third-order valence-electron chi connectivity index (χ3n) is 6.28. The number of fused-ring (bicyclic) bond motifs is 2. The first kappa shape index (κ1) is 16.7. The summed E-state index contributed by atoms with van der Waals surface area (Å²) in [4.78, 5) is 21.7. The van der Waals surface area contributed by atoms with Crippen LogP contribution < -0.4 is 5.69 Å². The molecule has 1 aromatic carbocycles. The van der Waals surface area contributed by atoms with Crippen LogP contribution in [0.2, 0.25) is 0 Å². The van der Waals surface area contributed by atoms with E-state index in [0.29, 0.717) is 17.8 Å². The highest BCUT2D eigenvalue weighted by atomic mass is 16.5. The van der Waals surface area contributed by atoms with Crippen LogP contribution in [0.1, 0.15) is 61.3 Å². The largest absolute Gasteiger partial charge is 0.339 e. The van der Waals surface area contributed by atoms with Crippen LogP contribution in [-0.2, 0) is 12.8 Å². The molecule has 1 unspecified atom stereocenters. The fourth-order valence-corrected chi connectivity index (χ4v) is 4.74. The molecule has 148 valence electrons. The minimum atomic E-state index is -0.226. The van der Waals surface area contributed by atoms with Gasteiger partial charge in [0.25, 0.3) is 0 Å². The second kappa shape index (κ2) is 6.40. The third kappa shape index (κ3) is 2.80. The van der Waals surface area contributed by atoms with Gasteiger partial charge in [0.2, 0.25) is 11.7 Å². The number of H-pyrrole nitrogens is 2. The van der Waals surface area contributed by atoms with E-state index in [1.807, 2.05) is 18.2 Å². The molecule has 6 rings (SSSR count). The maximum absolute atomic E-state index is 11.5. The second-order valence-electron chi connectivity index (χ2n) is 8.10. The fourth-order valence-electron chi connectivity index (χ4n) is 4.74. The standard InChI is InChI=1S/C20H21N7O2/c28-20-21-14-7-5-11(9-16(14)22-20)18-23-19(29-25-18)12-6-8-15-17(10-12)27(26-24-15)13-3-1-2-4-13/h5,7,9,12-13H,1-4,6,8,10H2,(H2,21,22,28). The first-order valence-corrected chi connectivity index (χ1v) is 10.2. The predicted octanol–water partition coefficient (Wildman–Crippen LogP) is 2.89. The Morgan fingerprint density at radius 2 is 1.97 bits per heavy atom. The first-order valence-electron chi connectivity index (χ1n) is 10.2. The van der Waals surface area contributed by atoms with Crippen molar-refractivity contribution < 1.29 is 4.52 Å². The quantitative estimate of drug-likeness (QED) is 0.554. The van der Waals surface area contributed by atoms with Crippen molar-refractivity contribution in [2.75, 3.05) is 0 Å². The number of hydrogen-bond acceptors (Lipinski definition) is 6. The molecule has 2 aliphatic carbocycles. The van der Waals surface area contributed by atoms with Crippen molar-refractivity contribution in [2.45, 2.75) is 56.9 Å². The molecule has 0 bridgehead atoms. The van der Waals surface area contributed by atoms with Crippen LogP contribution in [0, 0.1) is 0 Å².